The minimum Gasteiger partial charge on any atom is -0.351 e. The molecule has 0 amide bonds. The first kappa shape index (κ1) is 15.2. The molecule has 0 aliphatic carbocycles. The van der Waals surface area contributed by atoms with E-state index in [1.165, 1.54) is 5.56 Å². The highest BCUT2D eigenvalue weighted by Crippen LogP contribution is 2.20. The largest absolute Gasteiger partial charge is 0.351 e. The molecule has 0 fully saturated rings. The molecule has 3 heteroatoms. The molecule has 0 radical (unpaired) electrons. The van der Waals surface area contributed by atoms with E-state index in [1.807, 2.05) is 32.0 Å². The summed E-state index contributed by atoms with van der Waals surface area (Å²) >= 11 is 0. The highest BCUT2D eigenvalue weighted by Gasteiger charge is 2.23. The molecule has 0 bridgehead atoms. The molecule has 3 nitrogen and oxygen atoms in total. The van der Waals surface area contributed by atoms with Crippen molar-refractivity contribution in [1.82, 2.24) is 5.32 Å². The fraction of sp³-hybridized carbons (Fsp3) is 0.600. The lowest BCUT2D eigenvalue weighted by Gasteiger charge is -2.28. The van der Waals surface area contributed by atoms with Gasteiger partial charge in [0.05, 0.1) is 6.04 Å². The van der Waals surface area contributed by atoms with Crippen LogP contribution < -0.4 is 5.32 Å². The van der Waals surface area contributed by atoms with Crippen molar-refractivity contribution in [1.29, 1.82) is 0 Å². The first-order chi connectivity index (χ1) is 8.83. The van der Waals surface area contributed by atoms with Gasteiger partial charge in [-0.2, -0.15) is 0 Å². The van der Waals surface area contributed by atoms with E-state index in [4.69, 9.17) is 9.47 Å². The van der Waals surface area contributed by atoms with Gasteiger partial charge in [0.1, 0.15) is 0 Å². The second-order valence-corrected chi connectivity index (χ2v) is 4.12. The maximum absolute atomic E-state index is 5.71. The summed E-state index contributed by atoms with van der Waals surface area (Å²) in [6.07, 6.45) is 0.864. The Morgan fingerprint density at radius 3 is 2.11 bits per heavy atom. The summed E-state index contributed by atoms with van der Waals surface area (Å²) in [5.41, 5.74) is 1.21. The van der Waals surface area contributed by atoms with E-state index in [0.29, 0.717) is 13.2 Å². The van der Waals surface area contributed by atoms with Gasteiger partial charge in [-0.3, -0.25) is 0 Å². The Bertz CT molecular complexity index is 297. The molecule has 1 unspecified atom stereocenters. The molecular weight excluding hydrogens is 226 g/mol. The van der Waals surface area contributed by atoms with Crippen LogP contribution in [0.15, 0.2) is 30.3 Å². The fourth-order valence-electron chi connectivity index (χ4n) is 1.90. The van der Waals surface area contributed by atoms with E-state index in [0.717, 1.165) is 13.0 Å². The van der Waals surface area contributed by atoms with Gasteiger partial charge in [-0.25, -0.2) is 0 Å². The van der Waals surface area contributed by atoms with Crippen LogP contribution in [0.5, 0.6) is 0 Å². The third kappa shape index (κ3) is 4.77. The van der Waals surface area contributed by atoms with Gasteiger partial charge in [0.15, 0.2) is 6.29 Å². The first-order valence-electron chi connectivity index (χ1n) is 6.84. The monoisotopic (exact) mass is 251 g/mol. The van der Waals surface area contributed by atoms with Crippen LogP contribution in [0.3, 0.4) is 0 Å². The molecular formula is C15H25NO2. The average molecular weight is 251 g/mol. The maximum atomic E-state index is 5.71. The van der Waals surface area contributed by atoms with Crippen LogP contribution in [-0.4, -0.2) is 26.0 Å². The Morgan fingerprint density at radius 2 is 1.61 bits per heavy atom. The second kappa shape index (κ2) is 9.09. The molecule has 1 aromatic carbocycles. The smallest absolute Gasteiger partial charge is 0.176 e. The van der Waals surface area contributed by atoms with E-state index in [-0.39, 0.29) is 12.3 Å². The molecule has 1 aromatic rings. The van der Waals surface area contributed by atoms with Gasteiger partial charge in [-0.15, -0.1) is 0 Å². The van der Waals surface area contributed by atoms with E-state index in [1.54, 1.807) is 0 Å². The highest BCUT2D eigenvalue weighted by molar-refractivity contribution is 5.19. The van der Waals surface area contributed by atoms with Crippen molar-refractivity contribution in [2.75, 3.05) is 19.8 Å². The Balaban J connectivity index is 2.80. The van der Waals surface area contributed by atoms with Crippen molar-refractivity contribution in [2.24, 2.45) is 0 Å². The van der Waals surface area contributed by atoms with Crippen LogP contribution in [0, 0.1) is 0 Å². The Labute approximate surface area is 110 Å². The Kier molecular flexibility index (Phi) is 7.65. The zero-order chi connectivity index (χ0) is 13.2. The number of rotatable bonds is 9. The fourth-order valence-corrected chi connectivity index (χ4v) is 1.90. The molecule has 0 saturated carbocycles. The van der Waals surface area contributed by atoms with Crippen molar-refractivity contribution in [3.63, 3.8) is 0 Å². The summed E-state index contributed by atoms with van der Waals surface area (Å²) < 4.78 is 11.4. The third-order valence-corrected chi connectivity index (χ3v) is 2.71. The molecule has 1 atom stereocenters. The molecule has 0 spiro atoms. The molecule has 18 heavy (non-hydrogen) atoms. The predicted molar refractivity (Wildman–Crippen MR) is 74.5 cm³/mol. The number of ether oxygens (including phenoxy) is 2. The van der Waals surface area contributed by atoms with Gasteiger partial charge in [-0.05, 0) is 32.4 Å². The lowest BCUT2D eigenvalue weighted by Crippen LogP contribution is -2.36. The van der Waals surface area contributed by atoms with Crippen LogP contribution in [0.4, 0.5) is 0 Å². The minimum atomic E-state index is -0.228. The predicted octanol–water partition coefficient (Wildman–Crippen LogP) is 3.13. The molecule has 0 heterocycles. The quantitative estimate of drug-likeness (QED) is 0.684. The second-order valence-electron chi connectivity index (χ2n) is 4.12. The SMILES string of the molecule is CCCNC(c1ccccc1)C(OCC)OCC. The van der Waals surface area contributed by atoms with E-state index >= 15 is 0 Å². The van der Waals surface area contributed by atoms with Crippen LogP contribution in [0.2, 0.25) is 0 Å². The molecule has 0 aliphatic rings. The molecule has 102 valence electrons. The van der Waals surface area contributed by atoms with Crippen LogP contribution in [0.25, 0.3) is 0 Å². The van der Waals surface area contributed by atoms with Gasteiger partial charge in [0.2, 0.25) is 0 Å². The summed E-state index contributed by atoms with van der Waals surface area (Å²) in [6.45, 7) is 8.41. The van der Waals surface area contributed by atoms with E-state index in [2.05, 4.69) is 24.4 Å². The van der Waals surface area contributed by atoms with Crippen LogP contribution in [0.1, 0.15) is 38.8 Å². The minimum absolute atomic E-state index is 0.0889. The lowest BCUT2D eigenvalue weighted by molar-refractivity contribution is -0.155. The zero-order valence-electron chi connectivity index (χ0n) is 11.7. The normalized spacial score (nSPS) is 12.9. The van der Waals surface area contributed by atoms with Gasteiger partial charge in [0.25, 0.3) is 0 Å². The number of nitrogens with one attached hydrogen (secondary N) is 1. The Hall–Kier alpha value is -0.900. The van der Waals surface area contributed by atoms with Gasteiger partial charge in [-0.1, -0.05) is 37.3 Å². The van der Waals surface area contributed by atoms with Gasteiger partial charge in [0, 0.05) is 13.2 Å². The summed E-state index contributed by atoms with van der Waals surface area (Å²) in [4.78, 5) is 0. The molecule has 0 saturated heterocycles. The molecule has 0 aliphatic heterocycles. The van der Waals surface area contributed by atoms with Crippen molar-refractivity contribution < 1.29 is 9.47 Å². The summed E-state index contributed by atoms with van der Waals surface area (Å²) in [7, 11) is 0. The maximum Gasteiger partial charge on any atom is 0.176 e. The van der Waals surface area contributed by atoms with Crippen LogP contribution >= 0.6 is 0 Å². The van der Waals surface area contributed by atoms with Crippen LogP contribution in [-0.2, 0) is 9.47 Å². The summed E-state index contributed by atoms with van der Waals surface area (Å²) in [5, 5.41) is 3.51. The summed E-state index contributed by atoms with van der Waals surface area (Å²) in [6, 6.07) is 10.4. The van der Waals surface area contributed by atoms with E-state index < -0.39 is 0 Å². The molecule has 0 aromatic heterocycles. The number of benzene rings is 1. The lowest BCUT2D eigenvalue weighted by atomic mass is 10.1. The van der Waals surface area contributed by atoms with Gasteiger partial charge < -0.3 is 14.8 Å². The number of hydrogen-bond acceptors (Lipinski definition) is 3. The van der Waals surface area contributed by atoms with Gasteiger partial charge >= 0.3 is 0 Å². The number of hydrogen-bond donors (Lipinski definition) is 1. The van der Waals surface area contributed by atoms with Crippen molar-refractivity contribution in [2.45, 2.75) is 39.5 Å². The Morgan fingerprint density at radius 1 is 1.00 bits per heavy atom. The molecule has 1 N–H and O–H groups in total. The summed E-state index contributed by atoms with van der Waals surface area (Å²) in [5.74, 6) is 0. The molecule has 1 rings (SSSR count). The average Bonchev–Trinajstić information content (AvgIpc) is 2.41. The van der Waals surface area contributed by atoms with Crippen molar-refractivity contribution in [3.8, 4) is 0 Å². The highest BCUT2D eigenvalue weighted by atomic mass is 16.7. The van der Waals surface area contributed by atoms with Crippen molar-refractivity contribution >= 4 is 0 Å². The third-order valence-electron chi connectivity index (χ3n) is 2.71. The zero-order valence-corrected chi connectivity index (χ0v) is 11.7. The van der Waals surface area contributed by atoms with Crippen molar-refractivity contribution in [3.05, 3.63) is 35.9 Å². The standard InChI is InChI=1S/C15H25NO2/c1-4-12-16-14(13-10-8-7-9-11-13)15(17-5-2)18-6-3/h7-11,14-16H,4-6,12H2,1-3H3. The topological polar surface area (TPSA) is 30.5 Å². The first-order valence-corrected chi connectivity index (χ1v) is 6.84. The van der Waals surface area contributed by atoms with E-state index in [9.17, 15) is 0 Å².